The van der Waals surface area contributed by atoms with Crippen LogP contribution in [0.5, 0.6) is 0 Å². The number of halogens is 2. The monoisotopic (exact) mass is 511 g/mol. The maximum atomic E-state index is 13.8. The van der Waals surface area contributed by atoms with Crippen LogP contribution in [-0.2, 0) is 26.2 Å². The molecule has 186 valence electrons. The fourth-order valence-corrected chi connectivity index (χ4v) is 4.34. The van der Waals surface area contributed by atoms with Gasteiger partial charge in [0.15, 0.2) is 0 Å². The van der Waals surface area contributed by atoms with E-state index in [1.165, 1.54) is 23.1 Å². The molecule has 2 amide bonds. The average Bonchev–Trinajstić information content (AvgIpc) is 2.76. The van der Waals surface area contributed by atoms with Crippen molar-refractivity contribution in [3.05, 3.63) is 64.9 Å². The molecule has 0 radical (unpaired) electrons. The lowest BCUT2D eigenvalue weighted by Gasteiger charge is -2.33. The quantitative estimate of drug-likeness (QED) is 0.497. The van der Waals surface area contributed by atoms with Crippen molar-refractivity contribution >= 4 is 39.1 Å². The number of sulfonamides is 1. The van der Waals surface area contributed by atoms with Crippen LogP contribution in [-0.4, -0.2) is 50.5 Å². The smallest absolute Gasteiger partial charge is 0.244 e. The number of nitrogens with one attached hydrogen (secondary N) is 1. The Hall–Kier alpha value is -2.65. The molecule has 2 aromatic rings. The second-order valence-electron chi connectivity index (χ2n) is 8.46. The van der Waals surface area contributed by atoms with Gasteiger partial charge in [0.2, 0.25) is 21.8 Å². The number of hydrogen-bond acceptors (Lipinski definition) is 4. The predicted octanol–water partition coefficient (Wildman–Crippen LogP) is 3.82. The summed E-state index contributed by atoms with van der Waals surface area (Å²) in [5, 5.41) is 3.38. The Morgan fingerprint density at radius 2 is 1.76 bits per heavy atom. The van der Waals surface area contributed by atoms with Gasteiger partial charge in [0.05, 0.1) is 11.9 Å². The van der Waals surface area contributed by atoms with Crippen molar-refractivity contribution in [2.45, 2.75) is 39.8 Å². The SMILES string of the molecule is CC[C@@H](C(=O)NCC(C)C)N(Cc1ccc(Cl)cc1)C(=O)CN(c1cccc(F)c1)S(C)(=O)=O. The third-order valence-corrected chi connectivity index (χ3v) is 6.50. The molecular formula is C24H31ClFN3O4S. The zero-order valence-electron chi connectivity index (χ0n) is 19.8. The molecule has 0 aliphatic carbocycles. The van der Waals surface area contributed by atoms with Gasteiger partial charge in [0.25, 0.3) is 0 Å². The minimum atomic E-state index is -3.91. The maximum Gasteiger partial charge on any atom is 0.244 e. The molecular weight excluding hydrogens is 481 g/mol. The molecule has 7 nitrogen and oxygen atoms in total. The largest absolute Gasteiger partial charge is 0.354 e. The Balaban J connectivity index is 2.41. The summed E-state index contributed by atoms with van der Waals surface area (Å²) in [4.78, 5) is 27.8. The summed E-state index contributed by atoms with van der Waals surface area (Å²) < 4.78 is 39.6. The molecule has 0 bridgehead atoms. The number of nitrogens with zero attached hydrogens (tertiary/aromatic N) is 2. The molecule has 0 aliphatic rings. The van der Waals surface area contributed by atoms with Crippen LogP contribution in [0.4, 0.5) is 10.1 Å². The van der Waals surface area contributed by atoms with Crippen LogP contribution < -0.4 is 9.62 Å². The number of amides is 2. The minimum absolute atomic E-state index is 0.0274. The van der Waals surface area contributed by atoms with E-state index in [0.29, 0.717) is 18.0 Å². The number of hydrogen-bond donors (Lipinski definition) is 1. The van der Waals surface area contributed by atoms with Crippen LogP contribution in [0.15, 0.2) is 48.5 Å². The molecule has 0 spiro atoms. The average molecular weight is 512 g/mol. The molecule has 2 aromatic carbocycles. The first-order chi connectivity index (χ1) is 15.9. The third kappa shape index (κ3) is 7.99. The lowest BCUT2D eigenvalue weighted by atomic mass is 10.1. The van der Waals surface area contributed by atoms with E-state index >= 15 is 0 Å². The highest BCUT2D eigenvalue weighted by atomic mass is 35.5. The number of carbonyl (C=O) groups excluding carboxylic acids is 2. The third-order valence-electron chi connectivity index (χ3n) is 5.11. The van der Waals surface area contributed by atoms with Crippen LogP contribution in [0.25, 0.3) is 0 Å². The number of carbonyl (C=O) groups is 2. The van der Waals surface area contributed by atoms with Gasteiger partial charge in [-0.3, -0.25) is 13.9 Å². The van der Waals surface area contributed by atoms with Crippen molar-refractivity contribution in [3.63, 3.8) is 0 Å². The molecule has 0 fully saturated rings. The van der Waals surface area contributed by atoms with E-state index in [2.05, 4.69) is 5.32 Å². The van der Waals surface area contributed by atoms with Crippen molar-refractivity contribution in [1.82, 2.24) is 10.2 Å². The molecule has 0 heterocycles. The molecule has 0 aliphatic heterocycles. The number of anilines is 1. The molecule has 0 saturated heterocycles. The van der Waals surface area contributed by atoms with Gasteiger partial charge in [-0.2, -0.15) is 0 Å². The summed E-state index contributed by atoms with van der Waals surface area (Å²) in [7, 11) is -3.91. The van der Waals surface area contributed by atoms with Crippen LogP contribution >= 0.6 is 11.6 Å². The van der Waals surface area contributed by atoms with Gasteiger partial charge >= 0.3 is 0 Å². The molecule has 0 saturated carbocycles. The Bertz CT molecular complexity index is 1090. The summed E-state index contributed by atoms with van der Waals surface area (Å²) in [6.07, 6.45) is 1.27. The van der Waals surface area contributed by atoms with Gasteiger partial charge in [0, 0.05) is 18.1 Å². The fourth-order valence-electron chi connectivity index (χ4n) is 3.37. The summed E-state index contributed by atoms with van der Waals surface area (Å²) in [5.41, 5.74) is 0.754. The van der Waals surface area contributed by atoms with Crippen LogP contribution in [0.3, 0.4) is 0 Å². The first-order valence-electron chi connectivity index (χ1n) is 11.0. The van der Waals surface area contributed by atoms with E-state index in [0.717, 1.165) is 22.2 Å². The van der Waals surface area contributed by atoms with E-state index in [1.807, 2.05) is 13.8 Å². The Labute approximate surface area is 205 Å². The summed E-state index contributed by atoms with van der Waals surface area (Å²) in [5.74, 6) is -1.32. The van der Waals surface area contributed by atoms with E-state index in [4.69, 9.17) is 11.6 Å². The molecule has 0 aromatic heterocycles. The molecule has 1 N–H and O–H groups in total. The maximum absolute atomic E-state index is 13.8. The van der Waals surface area contributed by atoms with Gasteiger partial charge in [-0.05, 0) is 48.2 Å². The highest BCUT2D eigenvalue weighted by Crippen LogP contribution is 2.21. The van der Waals surface area contributed by atoms with Gasteiger partial charge < -0.3 is 10.2 Å². The lowest BCUT2D eigenvalue weighted by molar-refractivity contribution is -0.140. The van der Waals surface area contributed by atoms with Crippen molar-refractivity contribution in [2.24, 2.45) is 5.92 Å². The summed E-state index contributed by atoms with van der Waals surface area (Å²) in [6.45, 7) is 5.63. The van der Waals surface area contributed by atoms with Crippen LogP contribution in [0.1, 0.15) is 32.8 Å². The first kappa shape index (κ1) is 27.6. The lowest BCUT2D eigenvalue weighted by Crippen LogP contribution is -2.52. The summed E-state index contributed by atoms with van der Waals surface area (Å²) >= 11 is 5.97. The van der Waals surface area contributed by atoms with Crippen molar-refractivity contribution in [3.8, 4) is 0 Å². The van der Waals surface area contributed by atoms with Crippen LogP contribution in [0.2, 0.25) is 5.02 Å². The van der Waals surface area contributed by atoms with Crippen molar-refractivity contribution in [1.29, 1.82) is 0 Å². The zero-order valence-corrected chi connectivity index (χ0v) is 21.4. The van der Waals surface area contributed by atoms with E-state index in [1.54, 1.807) is 31.2 Å². The Kier molecular flexibility index (Phi) is 9.88. The summed E-state index contributed by atoms with van der Waals surface area (Å²) in [6, 6.07) is 11.0. The molecule has 1 atom stereocenters. The Morgan fingerprint density at radius 3 is 2.29 bits per heavy atom. The molecule has 0 unspecified atom stereocenters. The second kappa shape index (κ2) is 12.2. The fraction of sp³-hybridized carbons (Fsp3) is 0.417. The molecule has 34 heavy (non-hydrogen) atoms. The Morgan fingerprint density at radius 1 is 1.12 bits per heavy atom. The van der Waals surface area contributed by atoms with Gasteiger partial charge in [-0.1, -0.05) is 50.6 Å². The standard InChI is InChI=1S/C24H31ClFN3O4S/c1-5-22(24(31)27-14-17(2)3)28(15-18-9-11-19(25)12-10-18)23(30)16-29(34(4,32)33)21-8-6-7-20(26)13-21/h6-13,17,22H,5,14-16H2,1-4H3,(H,27,31)/t22-/m0/s1. The van der Waals surface area contributed by atoms with Gasteiger partial charge in [-0.25, -0.2) is 12.8 Å². The predicted molar refractivity (Wildman–Crippen MR) is 133 cm³/mol. The second-order valence-corrected chi connectivity index (χ2v) is 10.8. The van der Waals surface area contributed by atoms with Gasteiger partial charge in [0.1, 0.15) is 18.4 Å². The minimum Gasteiger partial charge on any atom is -0.354 e. The van der Waals surface area contributed by atoms with E-state index in [9.17, 15) is 22.4 Å². The molecule has 10 heteroatoms. The van der Waals surface area contributed by atoms with Crippen molar-refractivity contribution < 1.29 is 22.4 Å². The van der Waals surface area contributed by atoms with Gasteiger partial charge in [-0.15, -0.1) is 0 Å². The van der Waals surface area contributed by atoms with E-state index < -0.39 is 34.3 Å². The molecule has 2 rings (SSSR count). The highest BCUT2D eigenvalue weighted by Gasteiger charge is 2.31. The van der Waals surface area contributed by atoms with E-state index in [-0.39, 0.29) is 24.1 Å². The first-order valence-corrected chi connectivity index (χ1v) is 13.2. The topological polar surface area (TPSA) is 86.8 Å². The van der Waals surface area contributed by atoms with Crippen molar-refractivity contribution in [2.75, 3.05) is 23.7 Å². The normalized spacial score (nSPS) is 12.3. The highest BCUT2D eigenvalue weighted by molar-refractivity contribution is 7.92. The number of benzene rings is 2. The number of rotatable bonds is 11. The van der Waals surface area contributed by atoms with Crippen LogP contribution in [0, 0.1) is 11.7 Å². The zero-order chi connectivity index (χ0) is 25.5.